The summed E-state index contributed by atoms with van der Waals surface area (Å²) in [5.41, 5.74) is 16.7. The van der Waals surface area contributed by atoms with E-state index in [4.69, 9.17) is 21.9 Å². The average molecular weight is 312 g/mol. The van der Waals surface area contributed by atoms with E-state index in [0.29, 0.717) is 24.1 Å². The van der Waals surface area contributed by atoms with Gasteiger partial charge in [-0.05, 0) is 18.8 Å². The number of hydrogen-bond donors (Lipinski definition) is 3. The Hall–Kier alpha value is -1.80. The number of amides is 2. The van der Waals surface area contributed by atoms with Gasteiger partial charge < -0.3 is 26.8 Å². The van der Waals surface area contributed by atoms with E-state index in [9.17, 15) is 9.59 Å². The zero-order valence-corrected chi connectivity index (χ0v) is 12.7. The molecule has 6 N–H and O–H groups in total. The van der Waals surface area contributed by atoms with Crippen LogP contribution in [0.5, 0.6) is 0 Å². The molecule has 1 atom stereocenters. The van der Waals surface area contributed by atoms with Crippen LogP contribution in [0.1, 0.15) is 32.9 Å². The van der Waals surface area contributed by atoms with Gasteiger partial charge in [-0.15, -0.1) is 11.3 Å². The van der Waals surface area contributed by atoms with Gasteiger partial charge in [-0.25, -0.2) is 0 Å². The SMILES string of the molecule is CN(CC1CCCOC1)c1sc(C(N)=O)c(N)c1C(N)=O. The summed E-state index contributed by atoms with van der Waals surface area (Å²) in [7, 11) is 1.84. The molecule has 0 bridgehead atoms. The van der Waals surface area contributed by atoms with Crippen LogP contribution in [0.4, 0.5) is 10.7 Å². The Morgan fingerprint density at radius 3 is 2.62 bits per heavy atom. The average Bonchev–Trinajstić information content (AvgIpc) is 2.78. The first-order valence-corrected chi connectivity index (χ1v) is 7.54. The van der Waals surface area contributed by atoms with Crippen molar-refractivity contribution >= 4 is 33.8 Å². The second kappa shape index (κ2) is 6.31. The fraction of sp³-hybridized carbons (Fsp3) is 0.538. The summed E-state index contributed by atoms with van der Waals surface area (Å²) < 4.78 is 5.45. The van der Waals surface area contributed by atoms with Crippen LogP contribution in [-0.4, -0.2) is 38.6 Å². The molecule has 7 nitrogen and oxygen atoms in total. The lowest BCUT2D eigenvalue weighted by molar-refractivity contribution is 0.0577. The van der Waals surface area contributed by atoms with Gasteiger partial charge in [0.2, 0.25) is 0 Å². The molecule has 1 aromatic rings. The molecule has 2 heterocycles. The molecule has 0 aliphatic carbocycles. The molecule has 1 aliphatic rings. The third-order valence-corrected chi connectivity index (χ3v) is 4.86. The van der Waals surface area contributed by atoms with E-state index in [1.54, 1.807) is 0 Å². The van der Waals surface area contributed by atoms with Crippen molar-refractivity contribution in [3.05, 3.63) is 10.4 Å². The predicted molar refractivity (Wildman–Crippen MR) is 82.6 cm³/mol. The number of rotatable bonds is 5. The standard InChI is InChI=1S/C13H20N4O3S/c1-17(5-7-3-2-4-20-6-7)13-8(11(15)18)9(14)10(21-13)12(16)19/h7H,2-6,14H2,1H3,(H2,15,18)(H2,16,19). The summed E-state index contributed by atoms with van der Waals surface area (Å²) in [6.45, 7) is 2.20. The Balaban J connectivity index is 2.26. The Morgan fingerprint density at radius 2 is 2.10 bits per heavy atom. The molecule has 2 rings (SSSR count). The van der Waals surface area contributed by atoms with Crippen LogP contribution < -0.4 is 22.1 Å². The minimum Gasteiger partial charge on any atom is -0.397 e. The van der Waals surface area contributed by atoms with Gasteiger partial charge in [-0.1, -0.05) is 0 Å². The normalized spacial score (nSPS) is 18.4. The van der Waals surface area contributed by atoms with Crippen molar-refractivity contribution in [2.75, 3.05) is 37.4 Å². The molecule has 1 aromatic heterocycles. The second-order valence-electron chi connectivity index (χ2n) is 5.22. The van der Waals surface area contributed by atoms with E-state index in [0.717, 1.165) is 30.8 Å². The van der Waals surface area contributed by atoms with Crippen molar-refractivity contribution in [2.24, 2.45) is 17.4 Å². The highest BCUT2D eigenvalue weighted by Gasteiger charge is 2.26. The fourth-order valence-electron chi connectivity index (χ4n) is 2.54. The van der Waals surface area contributed by atoms with Crippen LogP contribution in [0.3, 0.4) is 0 Å². The maximum Gasteiger partial charge on any atom is 0.260 e. The number of nitrogens with zero attached hydrogens (tertiary/aromatic N) is 1. The van der Waals surface area contributed by atoms with Crippen LogP contribution in [0, 0.1) is 5.92 Å². The molecule has 0 spiro atoms. The number of hydrogen-bond acceptors (Lipinski definition) is 6. The first-order chi connectivity index (χ1) is 9.91. The number of carbonyl (C=O) groups excluding carboxylic acids is 2. The molecule has 0 saturated carbocycles. The van der Waals surface area contributed by atoms with E-state index in [2.05, 4.69) is 0 Å². The summed E-state index contributed by atoms with van der Waals surface area (Å²) in [6.07, 6.45) is 2.10. The monoisotopic (exact) mass is 312 g/mol. The third kappa shape index (κ3) is 3.27. The van der Waals surface area contributed by atoms with Crippen molar-refractivity contribution in [3.63, 3.8) is 0 Å². The topological polar surface area (TPSA) is 125 Å². The van der Waals surface area contributed by atoms with Crippen molar-refractivity contribution in [1.29, 1.82) is 0 Å². The lowest BCUT2D eigenvalue weighted by Gasteiger charge is -2.28. The number of anilines is 2. The molecule has 1 saturated heterocycles. The van der Waals surface area contributed by atoms with E-state index < -0.39 is 11.8 Å². The van der Waals surface area contributed by atoms with E-state index in [-0.39, 0.29) is 16.1 Å². The molecule has 0 aromatic carbocycles. The minimum atomic E-state index is -0.655. The van der Waals surface area contributed by atoms with Gasteiger partial charge in [-0.3, -0.25) is 9.59 Å². The highest BCUT2D eigenvalue weighted by molar-refractivity contribution is 7.19. The van der Waals surface area contributed by atoms with Gasteiger partial charge in [-0.2, -0.15) is 0 Å². The first-order valence-electron chi connectivity index (χ1n) is 6.72. The second-order valence-corrected chi connectivity index (χ2v) is 6.22. The van der Waals surface area contributed by atoms with Gasteiger partial charge in [0.15, 0.2) is 0 Å². The molecule has 2 amide bonds. The quantitative estimate of drug-likeness (QED) is 0.725. The molecular formula is C13H20N4O3S. The number of primary amides is 2. The van der Waals surface area contributed by atoms with E-state index >= 15 is 0 Å². The van der Waals surface area contributed by atoms with E-state index in [1.165, 1.54) is 0 Å². The highest BCUT2D eigenvalue weighted by atomic mass is 32.1. The Labute approximate surface area is 127 Å². The lowest BCUT2D eigenvalue weighted by Crippen LogP contribution is -2.31. The molecule has 1 unspecified atom stereocenters. The minimum absolute atomic E-state index is 0.0711. The number of nitrogens with two attached hydrogens (primary N) is 3. The lowest BCUT2D eigenvalue weighted by atomic mass is 10.0. The van der Waals surface area contributed by atoms with Crippen LogP contribution >= 0.6 is 11.3 Å². The maximum absolute atomic E-state index is 11.6. The highest BCUT2D eigenvalue weighted by Crippen LogP contribution is 2.37. The van der Waals surface area contributed by atoms with Gasteiger partial charge in [0.1, 0.15) is 9.88 Å². The van der Waals surface area contributed by atoms with Gasteiger partial charge >= 0.3 is 0 Å². The molecule has 1 fully saturated rings. The van der Waals surface area contributed by atoms with Crippen LogP contribution in [0.15, 0.2) is 0 Å². The largest absolute Gasteiger partial charge is 0.397 e. The smallest absolute Gasteiger partial charge is 0.260 e. The molecule has 8 heteroatoms. The summed E-state index contributed by atoms with van der Waals surface area (Å²) >= 11 is 1.10. The number of carbonyl (C=O) groups is 2. The van der Waals surface area contributed by atoms with Crippen LogP contribution in [0.2, 0.25) is 0 Å². The Morgan fingerprint density at radius 1 is 1.38 bits per heavy atom. The summed E-state index contributed by atoms with van der Waals surface area (Å²) in [5, 5.41) is 0.583. The van der Waals surface area contributed by atoms with Crippen molar-refractivity contribution in [1.82, 2.24) is 0 Å². The molecular weight excluding hydrogens is 292 g/mol. The van der Waals surface area contributed by atoms with E-state index in [1.807, 2.05) is 11.9 Å². The van der Waals surface area contributed by atoms with Crippen LogP contribution in [-0.2, 0) is 4.74 Å². The fourth-order valence-corrected chi connectivity index (χ4v) is 3.59. The summed E-state index contributed by atoms with van der Waals surface area (Å²) in [4.78, 5) is 25.1. The molecule has 21 heavy (non-hydrogen) atoms. The third-order valence-electron chi connectivity index (χ3n) is 3.53. The van der Waals surface area contributed by atoms with Crippen LogP contribution in [0.25, 0.3) is 0 Å². The zero-order chi connectivity index (χ0) is 15.6. The van der Waals surface area contributed by atoms with Gasteiger partial charge in [0, 0.05) is 20.2 Å². The number of thiophene rings is 1. The number of ether oxygens (including phenoxy) is 1. The molecule has 0 radical (unpaired) electrons. The maximum atomic E-state index is 11.6. The Kier molecular flexibility index (Phi) is 4.69. The zero-order valence-electron chi connectivity index (χ0n) is 11.9. The van der Waals surface area contributed by atoms with Crippen molar-refractivity contribution in [2.45, 2.75) is 12.8 Å². The predicted octanol–water partition coefficient (Wildman–Crippen LogP) is 0.391. The molecule has 1 aliphatic heterocycles. The summed E-state index contributed by atoms with van der Waals surface area (Å²) in [6, 6.07) is 0. The number of nitrogen functional groups attached to an aromatic ring is 1. The van der Waals surface area contributed by atoms with Gasteiger partial charge in [0.05, 0.1) is 17.9 Å². The van der Waals surface area contributed by atoms with Crippen molar-refractivity contribution in [3.8, 4) is 0 Å². The van der Waals surface area contributed by atoms with Gasteiger partial charge in [0.25, 0.3) is 11.8 Å². The first kappa shape index (κ1) is 15.6. The van der Waals surface area contributed by atoms with Crippen molar-refractivity contribution < 1.29 is 14.3 Å². The Bertz CT molecular complexity index is 552. The molecule has 116 valence electrons. The summed E-state index contributed by atoms with van der Waals surface area (Å²) in [5.74, 6) is -0.927.